The predicted molar refractivity (Wildman–Crippen MR) is 75.3 cm³/mol. The van der Waals surface area contributed by atoms with Crippen molar-refractivity contribution in [3.63, 3.8) is 0 Å². The van der Waals surface area contributed by atoms with E-state index in [0.29, 0.717) is 16.1 Å². The number of benzene rings is 1. The van der Waals surface area contributed by atoms with Crippen molar-refractivity contribution in [3.05, 3.63) is 22.4 Å². The molecule has 0 spiro atoms. The molecule has 0 aromatic heterocycles. The topological polar surface area (TPSA) is 38.5 Å². The number of nitrogens with two attached hydrogens (primary N) is 1. The van der Waals surface area contributed by atoms with Crippen molar-refractivity contribution in [1.82, 2.24) is 0 Å². The molecular formula is C13H18BrFN2O. The van der Waals surface area contributed by atoms with Crippen molar-refractivity contribution in [2.75, 3.05) is 37.4 Å². The van der Waals surface area contributed by atoms with E-state index in [2.05, 4.69) is 20.8 Å². The van der Waals surface area contributed by atoms with Gasteiger partial charge in [-0.15, -0.1) is 0 Å². The molecule has 5 heteroatoms. The molecule has 1 aromatic rings. The number of ether oxygens (including phenoxy) is 1. The van der Waals surface area contributed by atoms with E-state index in [1.165, 1.54) is 6.07 Å². The highest BCUT2D eigenvalue weighted by atomic mass is 79.9. The molecule has 1 aliphatic heterocycles. The Labute approximate surface area is 115 Å². The van der Waals surface area contributed by atoms with Gasteiger partial charge in [0.2, 0.25) is 0 Å². The Bertz CT molecular complexity index is 426. The lowest BCUT2D eigenvalue weighted by Gasteiger charge is -2.34. The van der Waals surface area contributed by atoms with Crippen LogP contribution in [-0.2, 0) is 4.74 Å². The van der Waals surface area contributed by atoms with Crippen LogP contribution in [0, 0.1) is 11.7 Å². The van der Waals surface area contributed by atoms with Crippen molar-refractivity contribution in [1.29, 1.82) is 0 Å². The molecule has 1 heterocycles. The zero-order chi connectivity index (χ0) is 13.1. The van der Waals surface area contributed by atoms with E-state index in [1.54, 1.807) is 13.2 Å². The lowest BCUT2D eigenvalue weighted by Crippen LogP contribution is -2.37. The normalized spacial score (nSPS) is 20.2. The maximum atomic E-state index is 13.6. The van der Waals surface area contributed by atoms with Crippen LogP contribution in [0.2, 0.25) is 0 Å². The van der Waals surface area contributed by atoms with Crippen molar-refractivity contribution in [3.8, 4) is 0 Å². The number of anilines is 2. The number of nitrogen functional groups attached to an aromatic ring is 1. The summed E-state index contributed by atoms with van der Waals surface area (Å²) in [6, 6.07) is 3.14. The van der Waals surface area contributed by atoms with Crippen molar-refractivity contribution >= 4 is 27.3 Å². The SMILES string of the molecule is COCC1CCCN(c2cc(F)c(Br)cc2N)C1. The van der Waals surface area contributed by atoms with Crippen LogP contribution in [0.25, 0.3) is 0 Å². The smallest absolute Gasteiger partial charge is 0.139 e. The molecule has 1 unspecified atom stereocenters. The minimum atomic E-state index is -0.270. The Morgan fingerprint density at radius 1 is 1.56 bits per heavy atom. The third kappa shape index (κ3) is 2.95. The highest BCUT2D eigenvalue weighted by molar-refractivity contribution is 9.10. The number of hydrogen-bond donors (Lipinski definition) is 1. The maximum Gasteiger partial charge on any atom is 0.139 e. The predicted octanol–water partition coefficient (Wildman–Crippen LogP) is 3.03. The summed E-state index contributed by atoms with van der Waals surface area (Å²) in [6.45, 7) is 2.54. The fourth-order valence-corrected chi connectivity index (χ4v) is 2.84. The molecule has 2 N–H and O–H groups in total. The molecule has 1 aliphatic rings. The summed E-state index contributed by atoms with van der Waals surface area (Å²) in [5.41, 5.74) is 7.37. The Balaban J connectivity index is 2.18. The summed E-state index contributed by atoms with van der Waals surface area (Å²) >= 11 is 3.15. The molecule has 0 saturated carbocycles. The number of rotatable bonds is 3. The van der Waals surface area contributed by atoms with Crippen molar-refractivity contribution < 1.29 is 9.13 Å². The minimum Gasteiger partial charge on any atom is -0.397 e. The van der Waals surface area contributed by atoms with Crippen LogP contribution in [0.15, 0.2) is 16.6 Å². The zero-order valence-corrected chi connectivity index (χ0v) is 12.0. The third-order valence-corrected chi connectivity index (χ3v) is 3.94. The summed E-state index contributed by atoms with van der Waals surface area (Å²) in [5, 5.41) is 0. The molecule has 2 rings (SSSR count). The minimum absolute atomic E-state index is 0.270. The summed E-state index contributed by atoms with van der Waals surface area (Å²) in [6.07, 6.45) is 2.24. The second kappa shape index (κ2) is 5.89. The molecule has 1 atom stereocenters. The van der Waals surface area contributed by atoms with Crippen LogP contribution in [0.5, 0.6) is 0 Å². The van der Waals surface area contributed by atoms with E-state index in [-0.39, 0.29) is 5.82 Å². The molecule has 0 bridgehead atoms. The molecule has 0 radical (unpaired) electrons. The molecule has 1 fully saturated rings. The second-order valence-corrected chi connectivity index (χ2v) is 5.59. The van der Waals surface area contributed by atoms with Gasteiger partial charge >= 0.3 is 0 Å². The van der Waals surface area contributed by atoms with Gasteiger partial charge in [-0.05, 0) is 40.8 Å². The van der Waals surface area contributed by atoms with E-state index < -0.39 is 0 Å². The lowest BCUT2D eigenvalue weighted by atomic mass is 9.98. The molecule has 0 aliphatic carbocycles. The first-order valence-electron chi connectivity index (χ1n) is 6.10. The number of hydrogen-bond acceptors (Lipinski definition) is 3. The van der Waals surface area contributed by atoms with Crippen LogP contribution >= 0.6 is 15.9 Å². The van der Waals surface area contributed by atoms with E-state index >= 15 is 0 Å². The molecule has 0 amide bonds. The van der Waals surface area contributed by atoms with Crippen LogP contribution in [-0.4, -0.2) is 26.8 Å². The molecular weight excluding hydrogens is 299 g/mol. The van der Waals surface area contributed by atoms with Crippen LogP contribution in [0.1, 0.15) is 12.8 Å². The van der Waals surface area contributed by atoms with Gasteiger partial charge in [0.05, 0.1) is 22.5 Å². The van der Waals surface area contributed by atoms with Gasteiger partial charge in [-0.25, -0.2) is 4.39 Å². The van der Waals surface area contributed by atoms with E-state index in [1.807, 2.05) is 0 Å². The Hall–Kier alpha value is -0.810. The van der Waals surface area contributed by atoms with E-state index in [9.17, 15) is 4.39 Å². The van der Waals surface area contributed by atoms with Crippen LogP contribution in [0.4, 0.5) is 15.8 Å². The fraction of sp³-hybridized carbons (Fsp3) is 0.538. The second-order valence-electron chi connectivity index (χ2n) is 4.73. The Kier molecular flexibility index (Phi) is 4.45. The number of halogens is 2. The number of methoxy groups -OCH3 is 1. The average molecular weight is 317 g/mol. The standard InChI is InChI=1S/C13H18BrFN2O/c1-18-8-9-3-2-4-17(7-9)13-6-11(15)10(14)5-12(13)16/h5-6,9H,2-4,7-8,16H2,1H3. The first-order chi connectivity index (χ1) is 8.61. The molecule has 18 heavy (non-hydrogen) atoms. The highest BCUT2D eigenvalue weighted by Gasteiger charge is 2.22. The first kappa shape index (κ1) is 13.6. The van der Waals surface area contributed by atoms with Crippen LogP contribution in [0.3, 0.4) is 0 Å². The van der Waals surface area contributed by atoms with Crippen LogP contribution < -0.4 is 10.6 Å². The molecule has 3 nitrogen and oxygen atoms in total. The lowest BCUT2D eigenvalue weighted by molar-refractivity contribution is 0.143. The van der Waals surface area contributed by atoms with Crippen molar-refractivity contribution in [2.24, 2.45) is 5.92 Å². The quantitative estimate of drug-likeness (QED) is 0.871. The highest BCUT2D eigenvalue weighted by Crippen LogP contribution is 2.32. The van der Waals surface area contributed by atoms with E-state index in [0.717, 1.165) is 38.2 Å². The monoisotopic (exact) mass is 316 g/mol. The Morgan fingerprint density at radius 3 is 3.06 bits per heavy atom. The number of nitrogens with zero attached hydrogens (tertiary/aromatic N) is 1. The summed E-state index contributed by atoms with van der Waals surface area (Å²) in [4.78, 5) is 2.15. The maximum absolute atomic E-state index is 13.6. The van der Waals surface area contributed by atoms with E-state index in [4.69, 9.17) is 10.5 Å². The third-order valence-electron chi connectivity index (χ3n) is 3.33. The van der Waals surface area contributed by atoms with Gasteiger partial charge in [-0.2, -0.15) is 0 Å². The fourth-order valence-electron chi connectivity index (χ4n) is 2.48. The largest absolute Gasteiger partial charge is 0.397 e. The zero-order valence-electron chi connectivity index (χ0n) is 10.5. The van der Waals surface area contributed by atoms with Crippen molar-refractivity contribution in [2.45, 2.75) is 12.8 Å². The first-order valence-corrected chi connectivity index (χ1v) is 6.89. The van der Waals surface area contributed by atoms with Gasteiger partial charge in [0.25, 0.3) is 0 Å². The number of piperidine rings is 1. The van der Waals surface area contributed by atoms with Gasteiger partial charge in [-0.3, -0.25) is 0 Å². The van der Waals surface area contributed by atoms with Gasteiger partial charge in [0.1, 0.15) is 5.82 Å². The molecule has 100 valence electrons. The summed E-state index contributed by atoms with van der Waals surface area (Å²) < 4.78 is 19.2. The average Bonchev–Trinajstić information content (AvgIpc) is 2.34. The Morgan fingerprint density at radius 2 is 2.33 bits per heavy atom. The molecule has 1 saturated heterocycles. The van der Waals surface area contributed by atoms with Gasteiger partial charge < -0.3 is 15.4 Å². The summed E-state index contributed by atoms with van der Waals surface area (Å²) in [5.74, 6) is 0.225. The van der Waals surface area contributed by atoms with Gasteiger partial charge in [0, 0.05) is 26.3 Å². The van der Waals surface area contributed by atoms with Gasteiger partial charge in [-0.1, -0.05) is 0 Å². The molecule has 1 aromatic carbocycles. The summed E-state index contributed by atoms with van der Waals surface area (Å²) in [7, 11) is 1.71. The van der Waals surface area contributed by atoms with Gasteiger partial charge in [0.15, 0.2) is 0 Å².